The molecule has 26 heavy (non-hydrogen) atoms. The Balaban J connectivity index is 1.68. The summed E-state index contributed by atoms with van der Waals surface area (Å²) in [7, 11) is 0. The third-order valence-corrected chi connectivity index (χ3v) is 4.04. The van der Waals surface area contributed by atoms with Gasteiger partial charge in [-0.15, -0.1) is 0 Å². The molecule has 0 atom stereocenters. The summed E-state index contributed by atoms with van der Waals surface area (Å²) in [6.07, 6.45) is 0. The van der Waals surface area contributed by atoms with Gasteiger partial charge >= 0.3 is 17.8 Å². The predicted octanol–water partition coefficient (Wildman–Crippen LogP) is 2.25. The first-order valence-corrected chi connectivity index (χ1v) is 8.14. The summed E-state index contributed by atoms with van der Waals surface area (Å²) in [4.78, 5) is 49.8. The summed E-state index contributed by atoms with van der Waals surface area (Å²) in [5.74, 6) is -1.90. The highest BCUT2D eigenvalue weighted by Gasteiger charge is 2.43. The maximum atomic E-state index is 12.2. The second kappa shape index (κ2) is 7.18. The van der Waals surface area contributed by atoms with E-state index in [0.29, 0.717) is 16.8 Å². The van der Waals surface area contributed by atoms with Gasteiger partial charge in [-0.1, -0.05) is 30.3 Å². The first-order valence-electron chi connectivity index (χ1n) is 8.14. The summed E-state index contributed by atoms with van der Waals surface area (Å²) in [5.41, 5.74) is 1.78. The molecule has 0 saturated carbocycles. The van der Waals surface area contributed by atoms with Gasteiger partial charge in [0.25, 0.3) is 5.91 Å². The number of anilines is 1. The maximum absolute atomic E-state index is 12.2. The molecule has 1 aliphatic heterocycles. The quantitative estimate of drug-likeness (QED) is 0.661. The molecule has 0 aliphatic carbocycles. The van der Waals surface area contributed by atoms with Crippen molar-refractivity contribution in [1.82, 2.24) is 9.80 Å². The number of nitrogens with one attached hydrogen (secondary N) is 1. The molecular formula is C19H17N3O4. The highest BCUT2D eigenvalue weighted by molar-refractivity contribution is 6.44. The SMILES string of the molecule is CCN1C(=O)C(=O)N(Cc2ccc(C(=O)Nc3ccccc3)cc2)C1=O. The summed E-state index contributed by atoms with van der Waals surface area (Å²) >= 11 is 0. The number of urea groups is 1. The van der Waals surface area contributed by atoms with E-state index in [2.05, 4.69) is 5.32 Å². The Morgan fingerprint density at radius 1 is 0.885 bits per heavy atom. The minimum Gasteiger partial charge on any atom is -0.322 e. The molecule has 1 fully saturated rings. The molecule has 3 rings (SSSR count). The fourth-order valence-electron chi connectivity index (χ4n) is 2.64. The smallest absolute Gasteiger partial charge is 0.322 e. The number of likely N-dealkylation sites (N-methyl/N-ethyl adjacent to an activating group) is 1. The molecule has 7 heteroatoms. The van der Waals surface area contributed by atoms with E-state index in [-0.39, 0.29) is 19.0 Å². The Kier molecular flexibility index (Phi) is 4.79. The molecule has 0 spiro atoms. The van der Waals surface area contributed by atoms with E-state index < -0.39 is 17.8 Å². The predicted molar refractivity (Wildman–Crippen MR) is 94.2 cm³/mol. The zero-order chi connectivity index (χ0) is 18.7. The number of carbonyl (C=O) groups excluding carboxylic acids is 4. The van der Waals surface area contributed by atoms with Crippen molar-refractivity contribution in [1.29, 1.82) is 0 Å². The van der Waals surface area contributed by atoms with Crippen LogP contribution in [0, 0.1) is 0 Å². The molecule has 1 saturated heterocycles. The molecule has 1 N–H and O–H groups in total. The first kappa shape index (κ1) is 17.3. The van der Waals surface area contributed by atoms with Crippen LogP contribution in [0.1, 0.15) is 22.8 Å². The number of rotatable bonds is 5. The van der Waals surface area contributed by atoms with E-state index in [1.165, 1.54) is 0 Å². The van der Waals surface area contributed by atoms with Gasteiger partial charge < -0.3 is 5.32 Å². The standard InChI is InChI=1S/C19H17N3O4/c1-2-21-17(24)18(25)22(19(21)26)12-13-8-10-14(11-9-13)16(23)20-15-6-4-3-5-7-15/h3-11H,2,12H2,1H3,(H,20,23). The molecule has 0 bridgehead atoms. The van der Waals surface area contributed by atoms with Crippen LogP contribution in [0.3, 0.4) is 0 Å². The summed E-state index contributed by atoms with van der Waals surface area (Å²) < 4.78 is 0. The van der Waals surface area contributed by atoms with Crippen LogP contribution in [0.2, 0.25) is 0 Å². The third-order valence-electron chi connectivity index (χ3n) is 4.04. The van der Waals surface area contributed by atoms with E-state index in [1.807, 2.05) is 18.2 Å². The van der Waals surface area contributed by atoms with E-state index in [4.69, 9.17) is 0 Å². The zero-order valence-electron chi connectivity index (χ0n) is 14.1. The summed E-state index contributed by atoms with van der Waals surface area (Å²) in [6, 6.07) is 15.0. The van der Waals surface area contributed by atoms with Crippen LogP contribution >= 0.6 is 0 Å². The lowest BCUT2D eigenvalue weighted by atomic mass is 10.1. The largest absolute Gasteiger partial charge is 0.334 e. The number of hydrogen-bond acceptors (Lipinski definition) is 4. The van der Waals surface area contributed by atoms with E-state index in [1.54, 1.807) is 43.3 Å². The number of hydrogen-bond donors (Lipinski definition) is 1. The zero-order valence-corrected chi connectivity index (χ0v) is 14.1. The minimum absolute atomic E-state index is 0.0134. The molecule has 2 aromatic carbocycles. The highest BCUT2D eigenvalue weighted by Crippen LogP contribution is 2.16. The van der Waals surface area contributed by atoms with Crippen molar-refractivity contribution in [2.24, 2.45) is 0 Å². The Bertz CT molecular complexity index is 862. The van der Waals surface area contributed by atoms with Gasteiger partial charge in [0.05, 0.1) is 6.54 Å². The topological polar surface area (TPSA) is 86.8 Å². The van der Waals surface area contributed by atoms with Crippen molar-refractivity contribution in [3.05, 3.63) is 65.7 Å². The van der Waals surface area contributed by atoms with Gasteiger partial charge in [0.15, 0.2) is 0 Å². The molecule has 132 valence electrons. The Labute approximate surface area is 150 Å². The molecule has 2 aromatic rings. The number of imide groups is 2. The number of carbonyl (C=O) groups is 4. The fraction of sp³-hybridized carbons (Fsp3) is 0.158. The lowest BCUT2D eigenvalue weighted by Gasteiger charge is -2.14. The van der Waals surface area contributed by atoms with Gasteiger partial charge in [0.2, 0.25) is 0 Å². The lowest BCUT2D eigenvalue weighted by molar-refractivity contribution is -0.143. The van der Waals surface area contributed by atoms with Crippen molar-refractivity contribution < 1.29 is 19.2 Å². The second-order valence-electron chi connectivity index (χ2n) is 5.74. The highest BCUT2D eigenvalue weighted by atomic mass is 16.2. The van der Waals surface area contributed by atoms with Crippen LogP contribution in [-0.2, 0) is 16.1 Å². The van der Waals surface area contributed by atoms with Crippen molar-refractivity contribution in [3.8, 4) is 0 Å². The third kappa shape index (κ3) is 3.32. The number of benzene rings is 2. The lowest BCUT2D eigenvalue weighted by Crippen LogP contribution is -2.32. The number of amides is 5. The maximum Gasteiger partial charge on any atom is 0.334 e. The molecule has 0 unspecified atom stereocenters. The monoisotopic (exact) mass is 351 g/mol. The molecule has 0 radical (unpaired) electrons. The van der Waals surface area contributed by atoms with Crippen LogP contribution in [0.15, 0.2) is 54.6 Å². The minimum atomic E-state index is -0.831. The Morgan fingerprint density at radius 2 is 1.50 bits per heavy atom. The first-order chi connectivity index (χ1) is 12.5. The van der Waals surface area contributed by atoms with Crippen molar-refractivity contribution in [2.45, 2.75) is 13.5 Å². The fourth-order valence-corrected chi connectivity index (χ4v) is 2.64. The second-order valence-corrected chi connectivity index (χ2v) is 5.74. The van der Waals surface area contributed by atoms with Gasteiger partial charge in [0.1, 0.15) is 0 Å². The van der Waals surface area contributed by atoms with E-state index in [0.717, 1.165) is 9.80 Å². The van der Waals surface area contributed by atoms with E-state index in [9.17, 15) is 19.2 Å². The van der Waals surface area contributed by atoms with Crippen LogP contribution in [0.5, 0.6) is 0 Å². The summed E-state index contributed by atoms with van der Waals surface area (Å²) in [5, 5.41) is 2.78. The average molecular weight is 351 g/mol. The molecular weight excluding hydrogens is 334 g/mol. The number of nitrogens with zero attached hydrogens (tertiary/aromatic N) is 2. The Morgan fingerprint density at radius 3 is 2.08 bits per heavy atom. The van der Waals surface area contributed by atoms with Gasteiger partial charge in [-0.3, -0.25) is 24.2 Å². The average Bonchev–Trinajstić information content (AvgIpc) is 2.86. The normalized spacial score (nSPS) is 14.1. The molecule has 1 aliphatic rings. The van der Waals surface area contributed by atoms with Crippen LogP contribution in [0.25, 0.3) is 0 Å². The number of para-hydroxylation sites is 1. The van der Waals surface area contributed by atoms with Gasteiger partial charge in [0, 0.05) is 17.8 Å². The van der Waals surface area contributed by atoms with Gasteiger partial charge in [-0.2, -0.15) is 0 Å². The van der Waals surface area contributed by atoms with Crippen molar-refractivity contribution in [3.63, 3.8) is 0 Å². The van der Waals surface area contributed by atoms with Crippen LogP contribution in [0.4, 0.5) is 10.5 Å². The van der Waals surface area contributed by atoms with Gasteiger partial charge in [-0.05, 0) is 36.8 Å². The molecule has 7 nitrogen and oxygen atoms in total. The molecule has 5 amide bonds. The van der Waals surface area contributed by atoms with Crippen molar-refractivity contribution in [2.75, 3.05) is 11.9 Å². The van der Waals surface area contributed by atoms with Crippen LogP contribution < -0.4 is 5.32 Å². The van der Waals surface area contributed by atoms with Crippen LogP contribution in [-0.4, -0.2) is 40.1 Å². The van der Waals surface area contributed by atoms with Crippen molar-refractivity contribution >= 4 is 29.4 Å². The molecule has 0 aromatic heterocycles. The van der Waals surface area contributed by atoms with E-state index >= 15 is 0 Å². The van der Waals surface area contributed by atoms with Gasteiger partial charge in [-0.25, -0.2) is 4.79 Å². The Hall–Kier alpha value is -3.48. The molecule has 1 heterocycles. The summed E-state index contributed by atoms with van der Waals surface area (Å²) in [6.45, 7) is 1.77.